The van der Waals surface area contributed by atoms with E-state index in [1.807, 2.05) is 18.2 Å². The zero-order valence-electron chi connectivity index (χ0n) is 17.9. The highest BCUT2D eigenvalue weighted by molar-refractivity contribution is 7.92. The summed E-state index contributed by atoms with van der Waals surface area (Å²) >= 11 is 0. The van der Waals surface area contributed by atoms with E-state index < -0.39 is 16.1 Å². The molecule has 1 aliphatic rings. The molecular formula is C23H31N3O4S. The Morgan fingerprint density at radius 3 is 2.39 bits per heavy atom. The minimum Gasteiger partial charge on any atom is -0.487 e. The van der Waals surface area contributed by atoms with Gasteiger partial charge in [0.2, 0.25) is 10.0 Å². The standard InChI is InChI=1S/C23H31N3O4S/c1-3-17-30-23-12-8-7-11-22(23)26(31(2,28)29)19-21(27)18-24-13-15-25(16-14-24)20-9-5-4-6-10-20/h3-12,21,27H,1,13-19H2,2H3. The van der Waals surface area contributed by atoms with Gasteiger partial charge in [0.25, 0.3) is 0 Å². The maximum Gasteiger partial charge on any atom is 0.232 e. The molecule has 0 aromatic heterocycles. The van der Waals surface area contributed by atoms with E-state index in [0.29, 0.717) is 18.0 Å². The van der Waals surface area contributed by atoms with E-state index >= 15 is 0 Å². The molecule has 1 unspecified atom stereocenters. The highest BCUT2D eigenvalue weighted by Crippen LogP contribution is 2.30. The highest BCUT2D eigenvalue weighted by atomic mass is 32.2. The van der Waals surface area contributed by atoms with Gasteiger partial charge < -0.3 is 14.7 Å². The zero-order chi connectivity index (χ0) is 22.3. The van der Waals surface area contributed by atoms with Crippen molar-refractivity contribution in [1.82, 2.24) is 4.90 Å². The van der Waals surface area contributed by atoms with Crippen LogP contribution in [0.5, 0.6) is 5.75 Å². The van der Waals surface area contributed by atoms with Crippen molar-refractivity contribution in [2.24, 2.45) is 0 Å². The maximum absolute atomic E-state index is 12.5. The number of hydrogen-bond acceptors (Lipinski definition) is 6. The first-order valence-corrected chi connectivity index (χ1v) is 12.2. The van der Waals surface area contributed by atoms with Crippen LogP contribution in [0.2, 0.25) is 0 Å². The number of ether oxygens (including phenoxy) is 1. The van der Waals surface area contributed by atoms with Crippen molar-refractivity contribution >= 4 is 21.4 Å². The third-order valence-corrected chi connectivity index (χ3v) is 6.38. The van der Waals surface area contributed by atoms with E-state index in [1.54, 1.807) is 30.3 Å². The number of nitrogens with zero attached hydrogens (tertiary/aromatic N) is 3. The second-order valence-corrected chi connectivity index (χ2v) is 9.55. The van der Waals surface area contributed by atoms with Crippen LogP contribution in [0.15, 0.2) is 67.3 Å². The first-order valence-electron chi connectivity index (χ1n) is 10.4. The number of piperazine rings is 1. The molecule has 1 heterocycles. The summed E-state index contributed by atoms with van der Waals surface area (Å²) in [4.78, 5) is 4.49. The average Bonchev–Trinajstić information content (AvgIpc) is 2.77. The lowest BCUT2D eigenvalue weighted by Crippen LogP contribution is -2.50. The van der Waals surface area contributed by atoms with Crippen molar-refractivity contribution in [2.75, 3.05) is 61.3 Å². The van der Waals surface area contributed by atoms with Crippen molar-refractivity contribution in [3.63, 3.8) is 0 Å². The molecule has 1 aliphatic heterocycles. The second kappa shape index (κ2) is 10.7. The lowest BCUT2D eigenvalue weighted by Gasteiger charge is -2.37. The zero-order valence-corrected chi connectivity index (χ0v) is 18.7. The topological polar surface area (TPSA) is 73.3 Å². The molecule has 0 radical (unpaired) electrons. The SMILES string of the molecule is C=CCOc1ccccc1N(CC(O)CN1CCN(c2ccccc2)CC1)S(C)(=O)=O. The smallest absolute Gasteiger partial charge is 0.232 e. The summed E-state index contributed by atoms with van der Waals surface area (Å²) in [6.45, 7) is 7.62. The van der Waals surface area contributed by atoms with Gasteiger partial charge >= 0.3 is 0 Å². The van der Waals surface area contributed by atoms with Crippen molar-refractivity contribution < 1.29 is 18.3 Å². The van der Waals surface area contributed by atoms with Crippen LogP contribution in [0.3, 0.4) is 0 Å². The summed E-state index contributed by atoms with van der Waals surface area (Å²) in [6.07, 6.45) is 1.92. The number of β-amino-alcohol motifs (C(OH)–C–C–N with tert-alkyl or cyclic N) is 1. The number of rotatable bonds is 10. The minimum atomic E-state index is -3.61. The molecule has 2 aromatic carbocycles. The van der Waals surface area contributed by atoms with Gasteiger partial charge in [-0.05, 0) is 24.3 Å². The van der Waals surface area contributed by atoms with Crippen LogP contribution in [0.4, 0.5) is 11.4 Å². The molecule has 1 N–H and O–H groups in total. The van der Waals surface area contributed by atoms with Crippen LogP contribution in [0.25, 0.3) is 0 Å². The van der Waals surface area contributed by atoms with Gasteiger partial charge in [-0.2, -0.15) is 0 Å². The summed E-state index contributed by atoms with van der Waals surface area (Å²) in [7, 11) is -3.61. The van der Waals surface area contributed by atoms with E-state index in [-0.39, 0.29) is 13.2 Å². The van der Waals surface area contributed by atoms with Gasteiger partial charge in [0.15, 0.2) is 0 Å². The van der Waals surface area contributed by atoms with Crippen LogP contribution < -0.4 is 13.9 Å². The van der Waals surface area contributed by atoms with Crippen LogP contribution >= 0.6 is 0 Å². The third-order valence-electron chi connectivity index (χ3n) is 5.23. The Balaban J connectivity index is 1.62. The van der Waals surface area contributed by atoms with Gasteiger partial charge in [0.1, 0.15) is 12.4 Å². The minimum absolute atomic E-state index is 0.0355. The molecule has 7 nitrogen and oxygen atoms in total. The summed E-state index contributed by atoms with van der Waals surface area (Å²) in [5.74, 6) is 0.441. The molecule has 168 valence electrons. The molecule has 1 atom stereocenters. The van der Waals surface area contributed by atoms with E-state index in [4.69, 9.17) is 4.74 Å². The molecule has 0 spiro atoms. The third kappa shape index (κ3) is 6.46. The Bertz CT molecular complexity index is 944. The number of para-hydroxylation sites is 3. The fourth-order valence-corrected chi connectivity index (χ4v) is 4.67. The van der Waals surface area contributed by atoms with E-state index in [9.17, 15) is 13.5 Å². The molecule has 0 amide bonds. The monoisotopic (exact) mass is 445 g/mol. The predicted octanol–water partition coefficient (Wildman–Crippen LogP) is 2.20. The van der Waals surface area contributed by atoms with Crippen LogP contribution in [-0.2, 0) is 10.0 Å². The molecule has 0 bridgehead atoms. The number of sulfonamides is 1. The van der Waals surface area contributed by atoms with E-state index in [2.05, 4.69) is 28.5 Å². The average molecular weight is 446 g/mol. The number of anilines is 2. The van der Waals surface area contributed by atoms with Gasteiger partial charge in [-0.1, -0.05) is 43.0 Å². The fraction of sp³-hybridized carbons (Fsp3) is 0.391. The van der Waals surface area contributed by atoms with Crippen molar-refractivity contribution in [2.45, 2.75) is 6.10 Å². The second-order valence-electron chi connectivity index (χ2n) is 7.64. The van der Waals surface area contributed by atoms with Crippen LogP contribution in [0.1, 0.15) is 0 Å². The van der Waals surface area contributed by atoms with Crippen LogP contribution in [0, 0.1) is 0 Å². The Morgan fingerprint density at radius 1 is 1.10 bits per heavy atom. The lowest BCUT2D eigenvalue weighted by atomic mass is 10.2. The quantitative estimate of drug-likeness (QED) is 0.566. The van der Waals surface area contributed by atoms with Gasteiger partial charge in [-0.15, -0.1) is 0 Å². The Morgan fingerprint density at radius 2 is 1.74 bits per heavy atom. The van der Waals surface area contributed by atoms with Gasteiger partial charge in [0, 0.05) is 38.4 Å². The predicted molar refractivity (Wildman–Crippen MR) is 125 cm³/mol. The van der Waals surface area contributed by atoms with Gasteiger partial charge in [-0.25, -0.2) is 8.42 Å². The summed E-state index contributed by atoms with van der Waals surface area (Å²) in [5, 5.41) is 10.7. The Labute approximate surface area is 185 Å². The largest absolute Gasteiger partial charge is 0.487 e. The molecular weight excluding hydrogens is 414 g/mol. The first-order chi connectivity index (χ1) is 14.9. The van der Waals surface area contributed by atoms with Gasteiger partial charge in [0.05, 0.1) is 24.6 Å². The molecule has 8 heteroatoms. The van der Waals surface area contributed by atoms with Crippen molar-refractivity contribution in [3.05, 3.63) is 67.3 Å². The van der Waals surface area contributed by atoms with E-state index in [0.717, 1.165) is 32.4 Å². The molecule has 2 aromatic rings. The highest BCUT2D eigenvalue weighted by Gasteiger charge is 2.26. The Hall–Kier alpha value is -2.55. The summed E-state index contributed by atoms with van der Waals surface area (Å²) < 4.78 is 31.9. The molecule has 1 saturated heterocycles. The maximum atomic E-state index is 12.5. The van der Waals surface area contributed by atoms with E-state index in [1.165, 1.54) is 9.99 Å². The fourth-order valence-electron chi connectivity index (χ4n) is 3.72. The molecule has 31 heavy (non-hydrogen) atoms. The number of benzene rings is 2. The van der Waals surface area contributed by atoms with Crippen LogP contribution in [-0.4, -0.2) is 76.7 Å². The summed E-state index contributed by atoms with van der Waals surface area (Å²) in [6, 6.07) is 17.2. The molecule has 3 rings (SSSR count). The number of aliphatic hydroxyl groups excluding tert-OH is 1. The normalized spacial score (nSPS) is 16.0. The Kier molecular flexibility index (Phi) is 7.95. The molecule has 1 fully saturated rings. The van der Waals surface area contributed by atoms with Gasteiger partial charge in [-0.3, -0.25) is 9.21 Å². The first kappa shape index (κ1) is 23.1. The van der Waals surface area contributed by atoms with Crippen molar-refractivity contribution in [3.8, 4) is 5.75 Å². The van der Waals surface area contributed by atoms with Crippen molar-refractivity contribution in [1.29, 1.82) is 0 Å². The number of aliphatic hydroxyl groups is 1. The lowest BCUT2D eigenvalue weighted by molar-refractivity contribution is 0.115. The summed E-state index contributed by atoms with van der Waals surface area (Å²) in [5.41, 5.74) is 1.61. The molecule has 0 aliphatic carbocycles. The molecule has 0 saturated carbocycles. The number of hydrogen-bond donors (Lipinski definition) is 1.